The summed E-state index contributed by atoms with van der Waals surface area (Å²) in [4.78, 5) is 19.7. The molecule has 1 aromatic heterocycles. The molecule has 2 unspecified atom stereocenters. The third kappa shape index (κ3) is 3.75. The van der Waals surface area contributed by atoms with Crippen LogP contribution >= 0.6 is 23.2 Å². The molecule has 0 amide bonds. The Morgan fingerprint density at radius 3 is 2.62 bits per heavy atom. The van der Waals surface area contributed by atoms with Crippen LogP contribution in [0.4, 0.5) is 0 Å². The van der Waals surface area contributed by atoms with Gasteiger partial charge in [-0.05, 0) is 75.2 Å². The van der Waals surface area contributed by atoms with Crippen molar-refractivity contribution in [1.82, 2.24) is 9.88 Å². The first-order valence-electron chi connectivity index (χ1n) is 9.89. The summed E-state index contributed by atoms with van der Waals surface area (Å²) in [5.41, 5.74) is 2.34. The third-order valence-electron chi connectivity index (χ3n) is 5.77. The van der Waals surface area contributed by atoms with E-state index in [1.54, 1.807) is 36.4 Å². The zero-order chi connectivity index (χ0) is 20.0. The Kier molecular flexibility index (Phi) is 4.98. The van der Waals surface area contributed by atoms with Crippen molar-refractivity contribution in [3.8, 4) is 11.5 Å². The standard InChI is InChI=1S/C22H20Cl2N2O3/c23-15-9-14(10-16(24)12-15)21-25-17-6-5-13(11-20(17)28-21)22(27)29-19-4-2-8-26-7-1-3-18(19)26/h5-6,9-12,18-19H,1-4,7-8H2. The number of benzene rings is 2. The maximum atomic E-state index is 12.8. The average Bonchev–Trinajstić information content (AvgIpc) is 3.34. The monoisotopic (exact) mass is 430 g/mol. The lowest BCUT2D eigenvalue weighted by molar-refractivity contribution is -0.0109. The Balaban J connectivity index is 1.39. The highest BCUT2D eigenvalue weighted by Gasteiger charge is 2.37. The molecule has 2 atom stereocenters. The number of rotatable bonds is 3. The van der Waals surface area contributed by atoms with Crippen LogP contribution in [0.25, 0.3) is 22.6 Å². The van der Waals surface area contributed by atoms with Gasteiger partial charge in [-0.15, -0.1) is 0 Å². The molecule has 0 N–H and O–H groups in total. The van der Waals surface area contributed by atoms with Crippen LogP contribution in [-0.4, -0.2) is 41.1 Å². The highest BCUT2D eigenvalue weighted by molar-refractivity contribution is 6.35. The fourth-order valence-electron chi connectivity index (χ4n) is 4.43. The van der Waals surface area contributed by atoms with E-state index in [0.717, 1.165) is 32.4 Å². The Labute approximate surface area is 178 Å². The summed E-state index contributed by atoms with van der Waals surface area (Å²) in [5, 5.41) is 1.01. The molecular formula is C22H20Cl2N2O3. The molecule has 2 aliphatic rings. The Hall–Kier alpha value is -2.08. The molecule has 0 spiro atoms. The molecule has 3 aromatic rings. The molecule has 0 aliphatic carbocycles. The Morgan fingerprint density at radius 1 is 1.07 bits per heavy atom. The SMILES string of the molecule is O=C(OC1CCCN2CCCC12)c1ccc2nc(-c3cc(Cl)cc(Cl)c3)oc2c1. The topological polar surface area (TPSA) is 55.6 Å². The smallest absolute Gasteiger partial charge is 0.338 e. The molecule has 7 heteroatoms. The fraction of sp³-hybridized carbons (Fsp3) is 0.364. The number of hydrogen-bond acceptors (Lipinski definition) is 5. The van der Waals surface area contributed by atoms with E-state index < -0.39 is 0 Å². The number of hydrogen-bond donors (Lipinski definition) is 0. The van der Waals surface area contributed by atoms with E-state index in [-0.39, 0.29) is 12.1 Å². The highest BCUT2D eigenvalue weighted by Crippen LogP contribution is 2.31. The fourth-order valence-corrected chi connectivity index (χ4v) is 4.96. The van der Waals surface area contributed by atoms with Gasteiger partial charge in [0.1, 0.15) is 11.6 Å². The van der Waals surface area contributed by atoms with Crippen LogP contribution in [0.1, 0.15) is 36.0 Å². The number of oxazole rings is 1. The molecule has 2 aromatic carbocycles. The molecule has 2 saturated heterocycles. The minimum Gasteiger partial charge on any atom is -0.457 e. The molecule has 150 valence electrons. The first-order chi connectivity index (χ1) is 14.1. The van der Waals surface area contributed by atoms with Crippen molar-refractivity contribution >= 4 is 40.3 Å². The maximum Gasteiger partial charge on any atom is 0.338 e. The van der Waals surface area contributed by atoms with E-state index in [1.165, 1.54) is 6.42 Å². The largest absolute Gasteiger partial charge is 0.457 e. The second-order valence-electron chi connectivity index (χ2n) is 7.69. The van der Waals surface area contributed by atoms with Gasteiger partial charge in [0.05, 0.1) is 5.56 Å². The van der Waals surface area contributed by atoms with Gasteiger partial charge in [-0.25, -0.2) is 9.78 Å². The lowest BCUT2D eigenvalue weighted by Crippen LogP contribution is -2.45. The molecular weight excluding hydrogens is 411 g/mol. The van der Waals surface area contributed by atoms with E-state index in [1.807, 2.05) is 0 Å². The summed E-state index contributed by atoms with van der Waals surface area (Å²) < 4.78 is 11.8. The van der Waals surface area contributed by atoms with Crippen LogP contribution in [0.15, 0.2) is 40.8 Å². The van der Waals surface area contributed by atoms with Crippen molar-refractivity contribution in [2.75, 3.05) is 13.1 Å². The minimum atomic E-state index is -0.311. The summed E-state index contributed by atoms with van der Waals surface area (Å²) >= 11 is 12.2. The Morgan fingerprint density at radius 2 is 1.83 bits per heavy atom. The van der Waals surface area contributed by atoms with Gasteiger partial charge >= 0.3 is 5.97 Å². The van der Waals surface area contributed by atoms with Crippen LogP contribution in [0.3, 0.4) is 0 Å². The van der Waals surface area contributed by atoms with E-state index in [4.69, 9.17) is 32.4 Å². The quantitative estimate of drug-likeness (QED) is 0.507. The van der Waals surface area contributed by atoms with Crippen LogP contribution < -0.4 is 0 Å². The maximum absolute atomic E-state index is 12.8. The molecule has 3 heterocycles. The van der Waals surface area contributed by atoms with Crippen molar-refractivity contribution in [1.29, 1.82) is 0 Å². The molecule has 0 bridgehead atoms. The van der Waals surface area contributed by atoms with Gasteiger partial charge in [-0.2, -0.15) is 0 Å². The van der Waals surface area contributed by atoms with Gasteiger partial charge in [-0.3, -0.25) is 4.90 Å². The van der Waals surface area contributed by atoms with Crippen molar-refractivity contribution in [2.24, 2.45) is 0 Å². The predicted octanol–water partition coefficient (Wildman–Crippen LogP) is 5.59. The van der Waals surface area contributed by atoms with Crippen molar-refractivity contribution in [2.45, 2.75) is 37.8 Å². The summed E-state index contributed by atoms with van der Waals surface area (Å²) in [6.45, 7) is 2.22. The summed E-state index contributed by atoms with van der Waals surface area (Å²) in [6.07, 6.45) is 4.25. The summed E-state index contributed by atoms with van der Waals surface area (Å²) in [7, 11) is 0. The minimum absolute atomic E-state index is 0.0339. The molecule has 0 radical (unpaired) electrons. The highest BCUT2D eigenvalue weighted by atomic mass is 35.5. The first kappa shape index (κ1) is 18.9. The first-order valence-corrected chi connectivity index (χ1v) is 10.6. The molecule has 5 nitrogen and oxygen atoms in total. The van der Waals surface area contributed by atoms with Gasteiger partial charge in [-0.1, -0.05) is 23.2 Å². The number of carbonyl (C=O) groups is 1. The van der Waals surface area contributed by atoms with Crippen LogP contribution in [-0.2, 0) is 4.74 Å². The van der Waals surface area contributed by atoms with Crippen molar-refractivity contribution in [3.63, 3.8) is 0 Å². The van der Waals surface area contributed by atoms with Crippen molar-refractivity contribution < 1.29 is 13.9 Å². The van der Waals surface area contributed by atoms with Gasteiger partial charge < -0.3 is 9.15 Å². The number of nitrogens with zero attached hydrogens (tertiary/aromatic N) is 2. The lowest BCUT2D eigenvalue weighted by atomic mass is 9.99. The van der Waals surface area contributed by atoms with E-state index in [0.29, 0.717) is 44.2 Å². The Bertz CT molecular complexity index is 1060. The normalized spacial score (nSPS) is 22.0. The predicted molar refractivity (Wildman–Crippen MR) is 112 cm³/mol. The lowest BCUT2D eigenvalue weighted by Gasteiger charge is -2.35. The zero-order valence-electron chi connectivity index (χ0n) is 15.7. The molecule has 29 heavy (non-hydrogen) atoms. The van der Waals surface area contributed by atoms with Crippen LogP contribution in [0.5, 0.6) is 0 Å². The summed E-state index contributed by atoms with van der Waals surface area (Å²) in [5.74, 6) is 0.0956. The second kappa shape index (κ2) is 7.63. The van der Waals surface area contributed by atoms with Gasteiger partial charge in [0.2, 0.25) is 5.89 Å². The molecule has 5 rings (SSSR count). The van der Waals surface area contributed by atoms with E-state index >= 15 is 0 Å². The van der Waals surface area contributed by atoms with Gasteiger partial charge in [0, 0.05) is 21.7 Å². The van der Waals surface area contributed by atoms with E-state index in [9.17, 15) is 4.79 Å². The number of aromatic nitrogens is 1. The number of halogens is 2. The van der Waals surface area contributed by atoms with Gasteiger partial charge in [0.15, 0.2) is 5.58 Å². The number of carbonyl (C=O) groups excluding carboxylic acids is 1. The number of ether oxygens (including phenoxy) is 1. The number of piperidine rings is 1. The van der Waals surface area contributed by atoms with Crippen LogP contribution in [0, 0.1) is 0 Å². The summed E-state index contributed by atoms with van der Waals surface area (Å²) in [6, 6.07) is 10.7. The van der Waals surface area contributed by atoms with Gasteiger partial charge in [0.25, 0.3) is 0 Å². The average molecular weight is 431 g/mol. The number of esters is 1. The van der Waals surface area contributed by atoms with Crippen molar-refractivity contribution in [3.05, 3.63) is 52.0 Å². The van der Waals surface area contributed by atoms with Crippen LogP contribution in [0.2, 0.25) is 10.0 Å². The number of fused-ring (bicyclic) bond motifs is 2. The second-order valence-corrected chi connectivity index (χ2v) is 8.56. The van der Waals surface area contributed by atoms with E-state index in [2.05, 4.69) is 9.88 Å². The molecule has 0 saturated carbocycles. The zero-order valence-corrected chi connectivity index (χ0v) is 17.2. The molecule has 2 fully saturated rings. The molecule has 2 aliphatic heterocycles. The third-order valence-corrected chi connectivity index (χ3v) is 6.21.